The molecule has 2 saturated carbocycles. The zero-order chi connectivity index (χ0) is 25.8. The molecule has 0 aromatic heterocycles. The van der Waals surface area contributed by atoms with Crippen LogP contribution >= 0.6 is 0 Å². The average molecular weight is 532 g/mol. The van der Waals surface area contributed by atoms with Gasteiger partial charge < -0.3 is 14.2 Å². The Morgan fingerprint density at radius 2 is 1.71 bits per heavy atom. The van der Waals surface area contributed by atoms with Crippen molar-refractivity contribution in [1.82, 2.24) is 0 Å². The SMILES string of the molecule is O=C(CC1CCS(=O)(=O)CC1)OC1C2CC3C1OC(=O)C3C2C(=O)OCCC(F)(F)CC(F)(F)F. The molecule has 2 saturated heterocycles. The minimum absolute atomic E-state index is 0.0169. The van der Waals surface area contributed by atoms with Gasteiger partial charge in [0.15, 0.2) is 0 Å². The fourth-order valence-electron chi connectivity index (χ4n) is 5.83. The highest BCUT2D eigenvalue weighted by atomic mass is 32.2. The van der Waals surface area contributed by atoms with Crippen LogP contribution in [0.5, 0.6) is 0 Å². The van der Waals surface area contributed by atoms with Crippen molar-refractivity contribution in [2.24, 2.45) is 29.6 Å². The lowest BCUT2D eigenvalue weighted by Gasteiger charge is -2.31. The molecule has 0 N–H and O–H groups in total. The third-order valence-corrected chi connectivity index (χ3v) is 9.10. The first-order valence-corrected chi connectivity index (χ1v) is 13.2. The molecule has 8 nitrogen and oxygen atoms in total. The van der Waals surface area contributed by atoms with E-state index in [-0.39, 0.29) is 23.8 Å². The lowest BCUT2D eigenvalue weighted by molar-refractivity contribution is -0.193. The maximum atomic E-state index is 13.5. The molecule has 2 aliphatic carbocycles. The Bertz CT molecular complexity index is 967. The molecule has 0 amide bonds. The third-order valence-electron chi connectivity index (χ3n) is 7.39. The van der Waals surface area contributed by atoms with Gasteiger partial charge >= 0.3 is 24.1 Å². The van der Waals surface area contributed by atoms with Gasteiger partial charge in [-0.3, -0.25) is 14.4 Å². The van der Waals surface area contributed by atoms with Gasteiger partial charge in [-0.25, -0.2) is 17.2 Å². The molecule has 0 aromatic rings. The molecule has 6 unspecified atom stereocenters. The van der Waals surface area contributed by atoms with Crippen LogP contribution in [0.3, 0.4) is 0 Å². The van der Waals surface area contributed by atoms with Crippen molar-refractivity contribution in [3.05, 3.63) is 0 Å². The first kappa shape index (κ1) is 26.1. The Kier molecular flexibility index (Phi) is 6.82. The Morgan fingerprint density at radius 3 is 2.34 bits per heavy atom. The number of halogens is 5. The molecule has 2 aliphatic heterocycles. The third kappa shape index (κ3) is 5.72. The van der Waals surface area contributed by atoms with Gasteiger partial charge in [0.05, 0.1) is 29.9 Å². The lowest BCUT2D eigenvalue weighted by atomic mass is 9.78. The van der Waals surface area contributed by atoms with Crippen LogP contribution < -0.4 is 0 Å². The summed E-state index contributed by atoms with van der Waals surface area (Å²) in [5.74, 6) is -9.71. The van der Waals surface area contributed by atoms with E-state index in [1.807, 2.05) is 0 Å². The molecule has 4 rings (SSSR count). The fourth-order valence-corrected chi connectivity index (χ4v) is 7.42. The van der Waals surface area contributed by atoms with E-state index < -0.39 is 95.2 Å². The van der Waals surface area contributed by atoms with Gasteiger partial charge in [0.1, 0.15) is 28.5 Å². The van der Waals surface area contributed by atoms with Gasteiger partial charge in [0.25, 0.3) is 5.92 Å². The molecule has 35 heavy (non-hydrogen) atoms. The highest BCUT2D eigenvalue weighted by Crippen LogP contribution is 2.59. The summed E-state index contributed by atoms with van der Waals surface area (Å²) >= 11 is 0. The van der Waals surface area contributed by atoms with Crippen LogP contribution in [0.15, 0.2) is 0 Å². The van der Waals surface area contributed by atoms with E-state index in [4.69, 9.17) is 14.2 Å². The zero-order valence-electron chi connectivity index (χ0n) is 18.5. The highest BCUT2D eigenvalue weighted by Gasteiger charge is 2.70. The number of ether oxygens (including phenoxy) is 3. The van der Waals surface area contributed by atoms with Crippen LogP contribution in [0.25, 0.3) is 0 Å². The Hall–Kier alpha value is -1.99. The van der Waals surface area contributed by atoms with Gasteiger partial charge in [-0.15, -0.1) is 0 Å². The van der Waals surface area contributed by atoms with Crippen LogP contribution in [-0.4, -0.2) is 68.7 Å². The quantitative estimate of drug-likeness (QED) is 0.266. The van der Waals surface area contributed by atoms with Gasteiger partial charge in [-0.2, -0.15) is 13.2 Å². The monoisotopic (exact) mass is 532 g/mol. The summed E-state index contributed by atoms with van der Waals surface area (Å²) in [6.45, 7) is -0.962. The average Bonchev–Trinajstić information content (AvgIpc) is 3.31. The molecule has 4 fully saturated rings. The van der Waals surface area contributed by atoms with E-state index in [1.54, 1.807) is 0 Å². The fraction of sp³-hybridized carbons (Fsp3) is 0.857. The van der Waals surface area contributed by atoms with Gasteiger partial charge in [-0.1, -0.05) is 0 Å². The minimum atomic E-state index is -5.08. The molecule has 0 radical (unpaired) electrons. The van der Waals surface area contributed by atoms with E-state index in [1.165, 1.54) is 0 Å². The van der Waals surface area contributed by atoms with E-state index in [9.17, 15) is 44.8 Å². The number of hydrogen-bond acceptors (Lipinski definition) is 8. The number of fused-ring (bicyclic) bond motifs is 1. The molecular formula is C21H25F5O8S. The predicted octanol–water partition coefficient (Wildman–Crippen LogP) is 2.44. The van der Waals surface area contributed by atoms with Crippen molar-refractivity contribution in [2.45, 2.75) is 62.8 Å². The van der Waals surface area contributed by atoms with Crippen LogP contribution in [0, 0.1) is 29.6 Å². The van der Waals surface area contributed by atoms with Crippen molar-refractivity contribution in [3.8, 4) is 0 Å². The number of esters is 3. The second-order valence-corrected chi connectivity index (χ2v) is 12.1. The topological polar surface area (TPSA) is 113 Å². The normalized spacial score (nSPS) is 34.0. The van der Waals surface area contributed by atoms with Crippen LogP contribution in [-0.2, 0) is 38.4 Å². The maximum absolute atomic E-state index is 13.5. The molecular weight excluding hydrogens is 507 g/mol. The summed E-state index contributed by atoms with van der Waals surface area (Å²) in [5, 5.41) is 0. The van der Waals surface area contributed by atoms with E-state index >= 15 is 0 Å². The van der Waals surface area contributed by atoms with Crippen LogP contribution in [0.4, 0.5) is 22.0 Å². The first-order valence-electron chi connectivity index (χ1n) is 11.4. The molecule has 2 bridgehead atoms. The summed E-state index contributed by atoms with van der Waals surface area (Å²) < 4.78 is 103. The number of hydrogen-bond donors (Lipinski definition) is 0. The Labute approximate surface area is 197 Å². The summed E-state index contributed by atoms with van der Waals surface area (Å²) in [6, 6.07) is 0. The molecule has 6 atom stereocenters. The molecule has 4 aliphatic rings. The van der Waals surface area contributed by atoms with Crippen molar-refractivity contribution in [3.63, 3.8) is 0 Å². The van der Waals surface area contributed by atoms with Crippen molar-refractivity contribution >= 4 is 27.7 Å². The Morgan fingerprint density at radius 1 is 1.06 bits per heavy atom. The van der Waals surface area contributed by atoms with Crippen LogP contribution in [0.2, 0.25) is 0 Å². The largest absolute Gasteiger partial charge is 0.465 e. The summed E-state index contributed by atoms with van der Waals surface area (Å²) in [7, 11) is -3.10. The van der Waals surface area contributed by atoms with E-state index in [2.05, 4.69) is 0 Å². The summed E-state index contributed by atoms with van der Waals surface area (Å²) in [5.41, 5.74) is 0. The highest BCUT2D eigenvalue weighted by molar-refractivity contribution is 7.91. The number of carbonyl (C=O) groups excluding carboxylic acids is 3. The van der Waals surface area contributed by atoms with Crippen molar-refractivity contribution < 1.29 is 59.0 Å². The second-order valence-electron chi connectivity index (χ2n) is 9.84. The first-order chi connectivity index (χ1) is 16.2. The number of alkyl halides is 5. The van der Waals surface area contributed by atoms with Gasteiger partial charge in [-0.05, 0) is 25.2 Å². The molecule has 0 aromatic carbocycles. The number of carbonyl (C=O) groups is 3. The van der Waals surface area contributed by atoms with E-state index in [0.29, 0.717) is 19.3 Å². The predicted molar refractivity (Wildman–Crippen MR) is 106 cm³/mol. The summed E-state index contributed by atoms with van der Waals surface area (Å²) in [6.07, 6.45) is -9.50. The van der Waals surface area contributed by atoms with Crippen molar-refractivity contribution in [1.29, 1.82) is 0 Å². The van der Waals surface area contributed by atoms with Gasteiger partial charge in [0.2, 0.25) is 0 Å². The maximum Gasteiger partial charge on any atom is 0.394 e. The van der Waals surface area contributed by atoms with Gasteiger partial charge in [0, 0.05) is 24.7 Å². The lowest BCUT2D eigenvalue weighted by Crippen LogP contribution is -2.44. The Balaban J connectivity index is 1.34. The summed E-state index contributed by atoms with van der Waals surface area (Å²) in [4.78, 5) is 37.5. The molecule has 2 heterocycles. The standard InChI is InChI=1S/C21H25F5O8S/c22-20(23,9-21(24,25)26)3-4-32-18(28)14-11-8-12-15(14)19(29)34-17(12)16(11)33-13(27)7-10-1-5-35(30,31)6-2-10/h10-12,14-17H,1-9H2. The smallest absolute Gasteiger partial charge is 0.394 e. The minimum Gasteiger partial charge on any atom is -0.465 e. The molecule has 14 heteroatoms. The zero-order valence-corrected chi connectivity index (χ0v) is 19.3. The number of rotatable bonds is 8. The van der Waals surface area contributed by atoms with Crippen molar-refractivity contribution in [2.75, 3.05) is 18.1 Å². The molecule has 198 valence electrons. The second kappa shape index (κ2) is 9.15. The molecule has 0 spiro atoms. The van der Waals surface area contributed by atoms with E-state index in [0.717, 1.165) is 0 Å². The van der Waals surface area contributed by atoms with Crippen LogP contribution in [0.1, 0.15) is 38.5 Å². The number of sulfone groups is 1.